The van der Waals surface area contributed by atoms with E-state index < -0.39 is 0 Å². The molecule has 1 aliphatic rings. The summed E-state index contributed by atoms with van der Waals surface area (Å²) in [6.45, 7) is 8.07. The topological polar surface area (TPSA) is 34.1 Å². The number of nitrogens with zero attached hydrogens (tertiary/aromatic N) is 1. The van der Waals surface area contributed by atoms with E-state index in [2.05, 4.69) is 37.1 Å². The van der Waals surface area contributed by atoms with Crippen LogP contribution in [-0.2, 0) is 11.2 Å². The zero-order valence-corrected chi connectivity index (χ0v) is 11.6. The summed E-state index contributed by atoms with van der Waals surface area (Å²) in [5.41, 5.74) is 2.69. The Labute approximate surface area is 110 Å². The molecule has 1 N–H and O–H groups in total. The third-order valence-electron chi connectivity index (χ3n) is 3.56. The highest BCUT2D eigenvalue weighted by atomic mass is 16.5. The Morgan fingerprint density at radius 3 is 3.06 bits per heavy atom. The molecule has 18 heavy (non-hydrogen) atoms. The van der Waals surface area contributed by atoms with Crippen molar-refractivity contribution in [3.05, 3.63) is 29.6 Å². The lowest BCUT2D eigenvalue weighted by molar-refractivity contribution is 0.0556. The molecule has 0 saturated heterocycles. The zero-order chi connectivity index (χ0) is 13.0. The molecule has 2 unspecified atom stereocenters. The molecule has 0 bridgehead atoms. The number of hydrogen-bond donors (Lipinski definition) is 1. The van der Waals surface area contributed by atoms with Crippen LogP contribution in [-0.4, -0.2) is 30.3 Å². The molecule has 1 heterocycles. The van der Waals surface area contributed by atoms with E-state index in [1.807, 2.05) is 12.3 Å². The van der Waals surface area contributed by atoms with Crippen molar-refractivity contribution in [3.8, 4) is 0 Å². The van der Waals surface area contributed by atoms with Gasteiger partial charge in [-0.05, 0) is 44.9 Å². The molecular formula is C15H24N2O. The third-order valence-corrected chi connectivity index (χ3v) is 3.56. The van der Waals surface area contributed by atoms with Crippen molar-refractivity contribution in [2.75, 3.05) is 13.2 Å². The standard InChI is InChI=1S/C15H24N2O/c1-4-16-14(10-18-11(2)3)13-8-7-12-6-5-9-17-15(12)13/h5-6,9,11,13-14,16H,4,7-8,10H2,1-3H3. The van der Waals surface area contributed by atoms with Crippen molar-refractivity contribution >= 4 is 0 Å². The molecule has 0 saturated carbocycles. The minimum absolute atomic E-state index is 0.288. The second-order valence-corrected chi connectivity index (χ2v) is 5.24. The van der Waals surface area contributed by atoms with E-state index in [4.69, 9.17) is 4.74 Å². The first kappa shape index (κ1) is 13.5. The van der Waals surface area contributed by atoms with Crippen LogP contribution in [0.3, 0.4) is 0 Å². The maximum atomic E-state index is 5.79. The average molecular weight is 248 g/mol. The Hall–Kier alpha value is -0.930. The van der Waals surface area contributed by atoms with E-state index in [1.54, 1.807) is 0 Å². The second-order valence-electron chi connectivity index (χ2n) is 5.24. The minimum Gasteiger partial charge on any atom is -0.377 e. The van der Waals surface area contributed by atoms with Crippen LogP contribution in [0.5, 0.6) is 0 Å². The Morgan fingerprint density at radius 1 is 1.50 bits per heavy atom. The summed E-state index contributed by atoms with van der Waals surface area (Å²) in [5, 5.41) is 3.56. The van der Waals surface area contributed by atoms with Gasteiger partial charge in [0.2, 0.25) is 0 Å². The molecule has 0 radical (unpaired) electrons. The van der Waals surface area contributed by atoms with E-state index in [0.29, 0.717) is 12.0 Å². The molecule has 0 fully saturated rings. The molecule has 2 atom stereocenters. The number of hydrogen-bond acceptors (Lipinski definition) is 3. The lowest BCUT2D eigenvalue weighted by Crippen LogP contribution is -2.39. The molecule has 3 nitrogen and oxygen atoms in total. The highest BCUT2D eigenvalue weighted by molar-refractivity contribution is 5.30. The number of aryl methyl sites for hydroxylation is 1. The Kier molecular flexibility index (Phi) is 4.72. The first-order chi connectivity index (χ1) is 8.72. The van der Waals surface area contributed by atoms with Crippen LogP contribution in [0.4, 0.5) is 0 Å². The van der Waals surface area contributed by atoms with E-state index in [1.165, 1.54) is 17.7 Å². The highest BCUT2D eigenvalue weighted by Gasteiger charge is 2.30. The molecule has 2 rings (SSSR count). The van der Waals surface area contributed by atoms with Gasteiger partial charge in [-0.2, -0.15) is 0 Å². The van der Waals surface area contributed by atoms with Crippen molar-refractivity contribution in [1.82, 2.24) is 10.3 Å². The van der Waals surface area contributed by atoms with E-state index in [9.17, 15) is 0 Å². The van der Waals surface area contributed by atoms with Crippen molar-refractivity contribution in [2.24, 2.45) is 0 Å². The fourth-order valence-electron chi connectivity index (χ4n) is 2.71. The summed E-state index contributed by atoms with van der Waals surface area (Å²) in [6, 6.07) is 4.62. The number of ether oxygens (including phenoxy) is 1. The number of pyridine rings is 1. The normalized spacial score (nSPS) is 20.1. The number of nitrogens with one attached hydrogen (secondary N) is 1. The second kappa shape index (κ2) is 6.30. The lowest BCUT2D eigenvalue weighted by atomic mass is 9.97. The molecule has 1 aromatic rings. The van der Waals surface area contributed by atoms with Crippen LogP contribution in [0.1, 0.15) is 44.4 Å². The van der Waals surface area contributed by atoms with Crippen LogP contribution in [0.2, 0.25) is 0 Å². The summed E-state index contributed by atoms with van der Waals surface area (Å²) >= 11 is 0. The predicted molar refractivity (Wildman–Crippen MR) is 73.9 cm³/mol. The average Bonchev–Trinajstić information content (AvgIpc) is 2.78. The third kappa shape index (κ3) is 3.09. The van der Waals surface area contributed by atoms with Gasteiger partial charge < -0.3 is 10.1 Å². The molecule has 0 amide bonds. The van der Waals surface area contributed by atoms with Gasteiger partial charge in [-0.25, -0.2) is 0 Å². The van der Waals surface area contributed by atoms with Gasteiger partial charge in [-0.3, -0.25) is 4.98 Å². The van der Waals surface area contributed by atoms with Crippen molar-refractivity contribution in [1.29, 1.82) is 0 Å². The minimum atomic E-state index is 0.288. The largest absolute Gasteiger partial charge is 0.377 e. The molecule has 100 valence electrons. The first-order valence-electron chi connectivity index (χ1n) is 7.01. The van der Waals surface area contributed by atoms with Crippen molar-refractivity contribution < 1.29 is 4.74 Å². The predicted octanol–water partition coefficient (Wildman–Crippen LogP) is 2.51. The molecule has 0 aliphatic heterocycles. The maximum Gasteiger partial charge on any atom is 0.0629 e. The Balaban J connectivity index is 2.07. The molecular weight excluding hydrogens is 224 g/mol. The van der Waals surface area contributed by atoms with Crippen LogP contribution in [0.15, 0.2) is 18.3 Å². The van der Waals surface area contributed by atoms with Crippen LogP contribution < -0.4 is 5.32 Å². The molecule has 0 spiro atoms. The van der Waals surface area contributed by atoms with Gasteiger partial charge in [0.05, 0.1) is 12.7 Å². The molecule has 0 aromatic carbocycles. The van der Waals surface area contributed by atoms with E-state index in [0.717, 1.165) is 19.6 Å². The molecule has 1 aliphatic carbocycles. The van der Waals surface area contributed by atoms with E-state index >= 15 is 0 Å². The summed E-state index contributed by atoms with van der Waals surface area (Å²) < 4.78 is 5.79. The molecule has 3 heteroatoms. The number of rotatable bonds is 6. The van der Waals surface area contributed by atoms with Gasteiger partial charge >= 0.3 is 0 Å². The van der Waals surface area contributed by atoms with Gasteiger partial charge in [-0.15, -0.1) is 0 Å². The Morgan fingerprint density at radius 2 is 2.33 bits per heavy atom. The first-order valence-corrected chi connectivity index (χ1v) is 7.01. The molecule has 1 aromatic heterocycles. The van der Waals surface area contributed by atoms with Crippen LogP contribution in [0, 0.1) is 0 Å². The fraction of sp³-hybridized carbons (Fsp3) is 0.667. The smallest absolute Gasteiger partial charge is 0.0629 e. The van der Waals surface area contributed by atoms with E-state index in [-0.39, 0.29) is 6.10 Å². The maximum absolute atomic E-state index is 5.79. The zero-order valence-electron chi connectivity index (χ0n) is 11.6. The van der Waals surface area contributed by atoms with Gasteiger partial charge in [0.25, 0.3) is 0 Å². The number of fused-ring (bicyclic) bond motifs is 1. The van der Waals surface area contributed by atoms with Gasteiger partial charge in [0.15, 0.2) is 0 Å². The Bertz CT molecular complexity index is 379. The summed E-state index contributed by atoms with van der Waals surface area (Å²) in [6.07, 6.45) is 4.53. The van der Waals surface area contributed by atoms with Crippen LogP contribution >= 0.6 is 0 Å². The van der Waals surface area contributed by atoms with Gasteiger partial charge in [0, 0.05) is 23.9 Å². The summed E-state index contributed by atoms with van der Waals surface area (Å²) in [5.74, 6) is 0.500. The monoisotopic (exact) mass is 248 g/mol. The van der Waals surface area contributed by atoms with Gasteiger partial charge in [-0.1, -0.05) is 13.0 Å². The van der Waals surface area contributed by atoms with Crippen LogP contribution in [0.25, 0.3) is 0 Å². The number of likely N-dealkylation sites (N-methyl/N-ethyl adjacent to an activating group) is 1. The fourth-order valence-corrected chi connectivity index (χ4v) is 2.71. The highest BCUT2D eigenvalue weighted by Crippen LogP contribution is 2.33. The van der Waals surface area contributed by atoms with Crippen molar-refractivity contribution in [3.63, 3.8) is 0 Å². The quantitative estimate of drug-likeness (QED) is 0.840. The SMILES string of the molecule is CCNC(COC(C)C)C1CCc2cccnc21. The lowest BCUT2D eigenvalue weighted by Gasteiger charge is -2.25. The van der Waals surface area contributed by atoms with Crippen molar-refractivity contribution in [2.45, 2.75) is 51.7 Å². The number of aromatic nitrogens is 1. The summed E-state index contributed by atoms with van der Waals surface area (Å²) in [4.78, 5) is 4.58. The van der Waals surface area contributed by atoms with Gasteiger partial charge in [0.1, 0.15) is 0 Å². The summed E-state index contributed by atoms with van der Waals surface area (Å²) in [7, 11) is 0.